The number of nitrogens with one attached hydrogen (secondary N) is 2. The molecule has 0 radical (unpaired) electrons. The molecule has 0 aliphatic heterocycles. The van der Waals surface area contributed by atoms with Gasteiger partial charge in [-0.2, -0.15) is 0 Å². The summed E-state index contributed by atoms with van der Waals surface area (Å²) in [5.74, 6) is -1.43. The van der Waals surface area contributed by atoms with Gasteiger partial charge in [0.05, 0.1) is 152 Å². The highest BCUT2D eigenvalue weighted by Crippen LogP contribution is 2.44. The summed E-state index contributed by atoms with van der Waals surface area (Å²) in [5, 5.41) is 14.9. The van der Waals surface area contributed by atoms with Gasteiger partial charge in [0.15, 0.2) is 0 Å². The van der Waals surface area contributed by atoms with Gasteiger partial charge in [-0.1, -0.05) is 48.5 Å². The Balaban J connectivity index is 0.981. The van der Waals surface area contributed by atoms with E-state index in [0.717, 1.165) is 22.3 Å². The van der Waals surface area contributed by atoms with Gasteiger partial charge in [-0.3, -0.25) is 4.79 Å². The highest BCUT2D eigenvalue weighted by molar-refractivity contribution is 5.81. The predicted molar refractivity (Wildman–Crippen MR) is 242 cm³/mol. The highest BCUT2D eigenvalue weighted by atomic mass is 16.6. The molecule has 2 aromatic carbocycles. The molecular weight excluding hydrogens is 865 g/mol. The van der Waals surface area contributed by atoms with E-state index in [1.54, 1.807) is 7.11 Å². The Morgan fingerprint density at radius 2 is 0.879 bits per heavy atom. The number of ether oxygens (including phenoxy) is 13. The molecule has 3 rings (SSSR count). The lowest BCUT2D eigenvalue weighted by Crippen LogP contribution is -2.41. The fourth-order valence-electron chi connectivity index (χ4n) is 6.44. The second-order valence-corrected chi connectivity index (χ2v) is 14.7. The van der Waals surface area contributed by atoms with E-state index in [4.69, 9.17) is 61.6 Å². The summed E-state index contributed by atoms with van der Waals surface area (Å²) in [5.41, 5.74) is 4.37. The van der Waals surface area contributed by atoms with Crippen molar-refractivity contribution in [2.75, 3.05) is 172 Å². The average molecular weight is 939 g/mol. The van der Waals surface area contributed by atoms with E-state index in [1.807, 2.05) is 48.5 Å². The van der Waals surface area contributed by atoms with Crippen LogP contribution in [0.3, 0.4) is 0 Å². The number of carbonyl (C=O) groups excluding carboxylic acids is 2. The van der Waals surface area contributed by atoms with Crippen LogP contribution >= 0.6 is 0 Å². The molecule has 0 fully saturated rings. The Kier molecular flexibility index (Phi) is 33.5. The first-order valence-electron chi connectivity index (χ1n) is 23.0. The van der Waals surface area contributed by atoms with Crippen molar-refractivity contribution in [1.82, 2.24) is 10.6 Å². The van der Waals surface area contributed by atoms with Crippen LogP contribution in [0.15, 0.2) is 48.5 Å². The summed E-state index contributed by atoms with van der Waals surface area (Å²) in [4.78, 5) is 36.6. The Morgan fingerprint density at radius 1 is 0.515 bits per heavy atom. The van der Waals surface area contributed by atoms with E-state index in [-0.39, 0.29) is 37.9 Å². The number of carbonyl (C=O) groups is 3. The van der Waals surface area contributed by atoms with Crippen LogP contribution in [0, 0.1) is 0 Å². The molecule has 3 N–H and O–H groups in total. The monoisotopic (exact) mass is 938 g/mol. The van der Waals surface area contributed by atoms with Crippen molar-refractivity contribution < 1.29 is 81.1 Å². The maximum absolute atomic E-state index is 12.6. The van der Waals surface area contributed by atoms with Gasteiger partial charge >= 0.3 is 12.1 Å². The first-order valence-corrected chi connectivity index (χ1v) is 23.0. The summed E-state index contributed by atoms with van der Waals surface area (Å²) in [6.07, 6.45) is 0.656. The molecule has 0 saturated carbocycles. The summed E-state index contributed by atoms with van der Waals surface area (Å²) in [6, 6.07) is 14.9. The third kappa shape index (κ3) is 27.1. The summed E-state index contributed by atoms with van der Waals surface area (Å²) in [6.45, 7) is 11.3. The minimum absolute atomic E-state index is 0.0976. The minimum atomic E-state index is -1.14. The SMILES string of the molecule is COCCOCCOCCOCCOCCOCCOCCOCCOCCOCCOCCOCCC(=O)NCCCC[C@@H](NC(=O)OCC1c2ccccc2-c2ccccc21)C(=O)O. The standard InChI is InChI=1S/C47H74N2O17/c1-54-16-17-56-20-21-58-24-25-60-28-29-62-32-33-64-36-37-65-35-34-63-31-30-61-27-26-59-23-22-57-19-18-55-15-13-45(50)48-14-7-6-12-44(46(51)52)49-47(53)66-38-43-41-10-4-2-8-39(41)40-9-3-5-11-42(40)43/h2-5,8-11,43-44H,6-7,12-38H2,1H3,(H,48,50)(H,49,53)(H,51,52)/t44-/m1/s1. The topological polar surface area (TPSA) is 215 Å². The lowest BCUT2D eigenvalue weighted by Gasteiger charge is -2.17. The Labute approximate surface area is 389 Å². The second-order valence-electron chi connectivity index (χ2n) is 14.7. The summed E-state index contributed by atoms with van der Waals surface area (Å²) in [7, 11) is 1.64. The van der Waals surface area contributed by atoms with Gasteiger partial charge in [0, 0.05) is 26.0 Å². The van der Waals surface area contributed by atoms with Crippen LogP contribution in [-0.2, 0) is 71.2 Å². The van der Waals surface area contributed by atoms with Crippen molar-refractivity contribution in [1.29, 1.82) is 0 Å². The molecule has 2 amide bonds. The molecule has 1 aliphatic carbocycles. The van der Waals surface area contributed by atoms with Gasteiger partial charge in [0.2, 0.25) is 5.91 Å². The van der Waals surface area contributed by atoms with E-state index < -0.39 is 18.1 Å². The number of alkyl carbamates (subject to hydrolysis) is 1. The number of fused-ring (bicyclic) bond motifs is 3. The largest absolute Gasteiger partial charge is 0.480 e. The van der Waals surface area contributed by atoms with Crippen molar-refractivity contribution in [3.05, 3.63) is 59.7 Å². The van der Waals surface area contributed by atoms with Gasteiger partial charge < -0.3 is 77.3 Å². The predicted octanol–water partition coefficient (Wildman–Crippen LogP) is 3.48. The van der Waals surface area contributed by atoms with Gasteiger partial charge in [-0.25, -0.2) is 9.59 Å². The number of rotatable bonds is 45. The normalized spacial score (nSPS) is 12.5. The van der Waals surface area contributed by atoms with Crippen LogP contribution < -0.4 is 10.6 Å². The number of unbranched alkanes of at least 4 members (excludes halogenated alkanes) is 1. The molecule has 0 bridgehead atoms. The van der Waals surface area contributed by atoms with E-state index in [9.17, 15) is 19.5 Å². The number of carboxylic acids is 1. The van der Waals surface area contributed by atoms with Crippen LogP contribution in [0.4, 0.5) is 4.79 Å². The molecule has 0 saturated heterocycles. The fourth-order valence-corrected chi connectivity index (χ4v) is 6.44. The van der Waals surface area contributed by atoms with E-state index >= 15 is 0 Å². The molecule has 0 aromatic heterocycles. The quantitative estimate of drug-likeness (QED) is 0.0811. The first kappa shape index (κ1) is 56.5. The van der Waals surface area contributed by atoms with Gasteiger partial charge in [-0.15, -0.1) is 0 Å². The fraction of sp³-hybridized carbons (Fsp3) is 0.681. The third-order valence-electron chi connectivity index (χ3n) is 9.80. The average Bonchev–Trinajstić information content (AvgIpc) is 3.64. The lowest BCUT2D eigenvalue weighted by atomic mass is 9.98. The van der Waals surface area contributed by atoms with Crippen molar-refractivity contribution in [3.63, 3.8) is 0 Å². The van der Waals surface area contributed by atoms with Crippen LogP contribution in [0.25, 0.3) is 11.1 Å². The van der Waals surface area contributed by atoms with Crippen molar-refractivity contribution in [2.24, 2.45) is 0 Å². The number of hydrogen-bond acceptors (Lipinski definition) is 16. The number of carboxylic acid groups (broad SMARTS) is 1. The first-order chi connectivity index (χ1) is 32.5. The number of hydrogen-bond donors (Lipinski definition) is 3. The summed E-state index contributed by atoms with van der Waals surface area (Å²) < 4.78 is 70.5. The van der Waals surface area contributed by atoms with Gasteiger partial charge in [0.25, 0.3) is 0 Å². The molecule has 0 spiro atoms. The molecule has 19 heteroatoms. The van der Waals surface area contributed by atoms with Crippen LogP contribution in [0.5, 0.6) is 0 Å². The van der Waals surface area contributed by atoms with Crippen LogP contribution in [-0.4, -0.2) is 201 Å². The summed E-state index contributed by atoms with van der Waals surface area (Å²) >= 11 is 0. The zero-order chi connectivity index (χ0) is 47.0. The zero-order valence-corrected chi connectivity index (χ0v) is 38.8. The molecule has 2 aromatic rings. The molecule has 374 valence electrons. The van der Waals surface area contributed by atoms with Gasteiger partial charge in [-0.05, 0) is 41.5 Å². The number of benzene rings is 2. The Morgan fingerprint density at radius 3 is 1.26 bits per heavy atom. The molecular formula is C47H74N2O17. The highest BCUT2D eigenvalue weighted by Gasteiger charge is 2.29. The molecule has 0 heterocycles. The van der Waals surface area contributed by atoms with Crippen molar-refractivity contribution in [2.45, 2.75) is 37.6 Å². The minimum Gasteiger partial charge on any atom is -0.480 e. The Hall–Kier alpha value is -3.83. The number of methoxy groups -OCH3 is 1. The second kappa shape index (κ2) is 39.2. The Bertz CT molecular complexity index is 1490. The smallest absolute Gasteiger partial charge is 0.407 e. The molecule has 19 nitrogen and oxygen atoms in total. The van der Waals surface area contributed by atoms with E-state index in [2.05, 4.69) is 10.6 Å². The van der Waals surface area contributed by atoms with Crippen molar-refractivity contribution >= 4 is 18.0 Å². The van der Waals surface area contributed by atoms with Crippen molar-refractivity contribution in [3.8, 4) is 11.1 Å². The maximum Gasteiger partial charge on any atom is 0.407 e. The molecule has 66 heavy (non-hydrogen) atoms. The maximum atomic E-state index is 12.6. The molecule has 1 atom stereocenters. The zero-order valence-electron chi connectivity index (χ0n) is 38.8. The third-order valence-corrected chi connectivity index (χ3v) is 9.80. The molecule has 1 aliphatic rings. The number of amides is 2. The van der Waals surface area contributed by atoms with E-state index in [0.29, 0.717) is 165 Å². The van der Waals surface area contributed by atoms with Crippen LogP contribution in [0.1, 0.15) is 42.7 Å². The lowest BCUT2D eigenvalue weighted by molar-refractivity contribution is -0.139. The van der Waals surface area contributed by atoms with E-state index in [1.165, 1.54) is 0 Å². The molecule has 0 unspecified atom stereocenters. The van der Waals surface area contributed by atoms with Crippen LogP contribution in [0.2, 0.25) is 0 Å². The number of aliphatic carboxylic acids is 1. The van der Waals surface area contributed by atoms with Gasteiger partial charge in [0.1, 0.15) is 12.6 Å².